The molecule has 2 aromatic heterocycles. The van der Waals surface area contributed by atoms with Crippen LogP contribution in [-0.2, 0) is 0 Å². The van der Waals surface area contributed by atoms with Crippen LogP contribution in [0, 0.1) is 0 Å². The smallest absolute Gasteiger partial charge is 0.356 e. The first kappa shape index (κ1) is 10.1. The Morgan fingerprint density at radius 2 is 2.35 bits per heavy atom. The predicted octanol–water partition coefficient (Wildman–Crippen LogP) is 1.72. The minimum absolute atomic E-state index is 0.116. The van der Waals surface area contributed by atoms with Crippen molar-refractivity contribution < 1.29 is 14.7 Å². The Morgan fingerprint density at radius 1 is 1.53 bits per heavy atom. The van der Waals surface area contributed by atoms with Gasteiger partial charge < -0.3 is 9.94 Å². The average molecular weight is 232 g/mol. The number of rotatable bonds is 3. The van der Waals surface area contributed by atoms with E-state index in [-0.39, 0.29) is 11.8 Å². The van der Waals surface area contributed by atoms with E-state index in [9.17, 15) is 4.79 Å². The standard InChI is InChI=1S/C12H12N2O3/c15-12(16)10-7-8-3-2-6-13-11(8)14(10)17-9-4-1-5-9/h2-3,6-7,9H,1,4-5H2,(H,15,16). The van der Waals surface area contributed by atoms with Crippen LogP contribution in [-0.4, -0.2) is 26.9 Å². The highest BCUT2D eigenvalue weighted by Crippen LogP contribution is 2.23. The molecule has 0 saturated heterocycles. The number of aromatic nitrogens is 2. The number of aromatic carboxylic acids is 1. The van der Waals surface area contributed by atoms with E-state index in [0.29, 0.717) is 5.65 Å². The van der Waals surface area contributed by atoms with Crippen molar-refractivity contribution in [3.63, 3.8) is 0 Å². The third-order valence-corrected chi connectivity index (χ3v) is 3.05. The minimum Gasteiger partial charge on any atom is -0.476 e. The second-order valence-corrected chi connectivity index (χ2v) is 4.20. The molecule has 1 fully saturated rings. The van der Waals surface area contributed by atoms with Gasteiger partial charge in [-0.1, -0.05) is 0 Å². The summed E-state index contributed by atoms with van der Waals surface area (Å²) >= 11 is 0. The lowest BCUT2D eigenvalue weighted by Gasteiger charge is -2.26. The molecule has 1 N–H and O–H groups in total. The summed E-state index contributed by atoms with van der Waals surface area (Å²) in [6, 6.07) is 5.19. The SMILES string of the molecule is O=C(O)c1cc2cccnc2n1OC1CCC1. The van der Waals surface area contributed by atoms with Gasteiger partial charge in [-0.2, -0.15) is 4.73 Å². The first-order valence-corrected chi connectivity index (χ1v) is 5.62. The molecular weight excluding hydrogens is 220 g/mol. The van der Waals surface area contributed by atoms with Gasteiger partial charge in [0.2, 0.25) is 0 Å². The summed E-state index contributed by atoms with van der Waals surface area (Å²) in [6.45, 7) is 0. The van der Waals surface area contributed by atoms with Crippen LogP contribution in [0.3, 0.4) is 0 Å². The lowest BCUT2D eigenvalue weighted by Crippen LogP contribution is -2.32. The summed E-state index contributed by atoms with van der Waals surface area (Å²) in [7, 11) is 0. The van der Waals surface area contributed by atoms with E-state index in [1.807, 2.05) is 6.07 Å². The maximum Gasteiger partial charge on any atom is 0.356 e. The highest BCUT2D eigenvalue weighted by atomic mass is 16.7. The minimum atomic E-state index is -0.998. The molecule has 5 heteroatoms. The fourth-order valence-electron chi connectivity index (χ4n) is 1.89. The van der Waals surface area contributed by atoms with Crippen LogP contribution >= 0.6 is 0 Å². The summed E-state index contributed by atoms with van der Waals surface area (Å²) in [4.78, 5) is 21.0. The van der Waals surface area contributed by atoms with E-state index in [2.05, 4.69) is 4.98 Å². The number of pyridine rings is 1. The molecule has 1 saturated carbocycles. The number of carboxylic acid groups (broad SMARTS) is 1. The molecule has 1 aliphatic rings. The quantitative estimate of drug-likeness (QED) is 0.875. The fraction of sp³-hybridized carbons (Fsp3) is 0.333. The van der Waals surface area contributed by atoms with Gasteiger partial charge in [-0.3, -0.25) is 0 Å². The highest BCUT2D eigenvalue weighted by Gasteiger charge is 2.24. The molecule has 1 aliphatic carbocycles. The van der Waals surface area contributed by atoms with Gasteiger partial charge in [-0.05, 0) is 37.5 Å². The van der Waals surface area contributed by atoms with Crippen LogP contribution in [0.1, 0.15) is 29.8 Å². The normalized spacial score (nSPS) is 15.8. The Bertz CT molecular complexity index is 572. The molecule has 2 aromatic rings. The second-order valence-electron chi connectivity index (χ2n) is 4.20. The third-order valence-electron chi connectivity index (χ3n) is 3.05. The monoisotopic (exact) mass is 232 g/mol. The fourth-order valence-corrected chi connectivity index (χ4v) is 1.89. The molecule has 0 aromatic carbocycles. The van der Waals surface area contributed by atoms with Gasteiger partial charge in [-0.15, -0.1) is 0 Å². The highest BCUT2D eigenvalue weighted by molar-refractivity contribution is 5.93. The number of fused-ring (bicyclic) bond motifs is 1. The molecule has 0 unspecified atom stereocenters. The zero-order chi connectivity index (χ0) is 11.8. The Hall–Kier alpha value is -2.04. The molecule has 17 heavy (non-hydrogen) atoms. The van der Waals surface area contributed by atoms with Crippen molar-refractivity contribution in [3.05, 3.63) is 30.1 Å². The zero-order valence-electron chi connectivity index (χ0n) is 9.17. The maximum atomic E-state index is 11.2. The molecule has 0 atom stereocenters. The molecule has 0 spiro atoms. The van der Waals surface area contributed by atoms with Crippen LogP contribution in [0.5, 0.6) is 0 Å². The van der Waals surface area contributed by atoms with Gasteiger partial charge >= 0.3 is 5.97 Å². The van der Waals surface area contributed by atoms with E-state index in [0.717, 1.165) is 24.6 Å². The van der Waals surface area contributed by atoms with Crippen LogP contribution in [0.4, 0.5) is 0 Å². The number of carbonyl (C=O) groups is 1. The van der Waals surface area contributed by atoms with Crippen molar-refractivity contribution in [2.24, 2.45) is 0 Å². The Labute approximate surface area is 97.6 Å². The van der Waals surface area contributed by atoms with Gasteiger partial charge in [0.15, 0.2) is 11.3 Å². The van der Waals surface area contributed by atoms with Crippen LogP contribution in [0.2, 0.25) is 0 Å². The first-order chi connectivity index (χ1) is 8.25. The van der Waals surface area contributed by atoms with Gasteiger partial charge in [-0.25, -0.2) is 9.78 Å². The van der Waals surface area contributed by atoms with Crippen molar-refractivity contribution in [3.8, 4) is 0 Å². The van der Waals surface area contributed by atoms with E-state index < -0.39 is 5.97 Å². The summed E-state index contributed by atoms with van der Waals surface area (Å²) in [6.07, 6.45) is 4.84. The topological polar surface area (TPSA) is 64.3 Å². The van der Waals surface area contributed by atoms with E-state index in [1.165, 1.54) is 4.73 Å². The summed E-state index contributed by atoms with van der Waals surface area (Å²) < 4.78 is 1.35. The van der Waals surface area contributed by atoms with Gasteiger partial charge in [0, 0.05) is 11.6 Å². The molecule has 0 amide bonds. The summed E-state index contributed by atoms with van der Waals surface area (Å²) in [5.74, 6) is -0.998. The maximum absolute atomic E-state index is 11.2. The Balaban J connectivity index is 2.10. The van der Waals surface area contributed by atoms with Crippen molar-refractivity contribution in [2.45, 2.75) is 25.4 Å². The van der Waals surface area contributed by atoms with Crippen molar-refractivity contribution in [2.75, 3.05) is 0 Å². The number of nitrogens with zero attached hydrogens (tertiary/aromatic N) is 2. The molecule has 0 radical (unpaired) electrons. The van der Waals surface area contributed by atoms with E-state index >= 15 is 0 Å². The lowest BCUT2D eigenvalue weighted by molar-refractivity contribution is -0.00823. The first-order valence-electron chi connectivity index (χ1n) is 5.62. The van der Waals surface area contributed by atoms with Crippen LogP contribution < -0.4 is 4.84 Å². The van der Waals surface area contributed by atoms with Crippen LogP contribution in [0.25, 0.3) is 11.0 Å². The van der Waals surface area contributed by atoms with E-state index in [4.69, 9.17) is 9.94 Å². The molecule has 0 aliphatic heterocycles. The molecule has 5 nitrogen and oxygen atoms in total. The van der Waals surface area contributed by atoms with Gasteiger partial charge in [0.1, 0.15) is 6.10 Å². The van der Waals surface area contributed by atoms with Crippen LogP contribution in [0.15, 0.2) is 24.4 Å². The Morgan fingerprint density at radius 3 is 3.00 bits per heavy atom. The zero-order valence-corrected chi connectivity index (χ0v) is 9.17. The van der Waals surface area contributed by atoms with Crippen molar-refractivity contribution >= 4 is 17.0 Å². The Kier molecular flexibility index (Phi) is 2.24. The molecule has 3 rings (SSSR count). The van der Waals surface area contributed by atoms with Crippen molar-refractivity contribution in [1.29, 1.82) is 0 Å². The number of carboxylic acids is 1. The summed E-state index contributed by atoms with van der Waals surface area (Å²) in [5.41, 5.74) is 0.697. The molecule has 2 heterocycles. The summed E-state index contributed by atoms with van der Waals surface area (Å²) in [5, 5.41) is 9.92. The van der Waals surface area contributed by atoms with Crippen molar-refractivity contribution in [1.82, 2.24) is 9.71 Å². The van der Waals surface area contributed by atoms with E-state index in [1.54, 1.807) is 18.3 Å². The largest absolute Gasteiger partial charge is 0.476 e. The second kappa shape index (κ2) is 3.76. The molecule has 88 valence electrons. The van der Waals surface area contributed by atoms with Gasteiger partial charge in [0.25, 0.3) is 0 Å². The third kappa shape index (κ3) is 1.63. The average Bonchev–Trinajstić information content (AvgIpc) is 2.62. The number of hydrogen-bond acceptors (Lipinski definition) is 3. The lowest BCUT2D eigenvalue weighted by atomic mass is 9.97. The molecular formula is C12H12N2O3. The predicted molar refractivity (Wildman–Crippen MR) is 60.9 cm³/mol. The number of hydrogen-bond donors (Lipinski definition) is 1. The molecule has 0 bridgehead atoms. The van der Waals surface area contributed by atoms with Gasteiger partial charge in [0.05, 0.1) is 0 Å².